The molecule has 2 aromatic carbocycles. The number of carbonyl (C=O) groups excluding carboxylic acids is 1. The number of nitrogens with two attached hydrogens (primary N) is 1. The van der Waals surface area contributed by atoms with E-state index in [1.54, 1.807) is 31.2 Å². The van der Waals surface area contributed by atoms with Gasteiger partial charge in [0.25, 0.3) is 5.91 Å². The van der Waals surface area contributed by atoms with Crippen molar-refractivity contribution in [2.24, 2.45) is 5.14 Å². The lowest BCUT2D eigenvalue weighted by molar-refractivity contribution is 0.102. The summed E-state index contributed by atoms with van der Waals surface area (Å²) >= 11 is 3.31. The van der Waals surface area contributed by atoms with Crippen LogP contribution in [-0.2, 0) is 10.0 Å². The summed E-state index contributed by atoms with van der Waals surface area (Å²) in [6.07, 6.45) is 0. The molecule has 0 aliphatic heterocycles. The van der Waals surface area contributed by atoms with E-state index in [0.29, 0.717) is 11.3 Å². The van der Waals surface area contributed by atoms with E-state index in [4.69, 9.17) is 5.14 Å². The number of nitrogens with one attached hydrogen (secondary N) is 1. The lowest BCUT2D eigenvalue weighted by Crippen LogP contribution is -2.16. The number of amides is 1. The monoisotopic (exact) mass is 368 g/mol. The number of benzene rings is 2. The Balaban J connectivity index is 2.33. The quantitative estimate of drug-likeness (QED) is 0.872. The van der Waals surface area contributed by atoms with Crippen LogP contribution in [0.2, 0.25) is 0 Å². The largest absolute Gasteiger partial charge is 0.322 e. The van der Waals surface area contributed by atoms with Gasteiger partial charge in [-0.15, -0.1) is 0 Å². The molecule has 0 heterocycles. The standard InChI is InChI=1S/C14H13BrN2O3S/c1-9-5-10(7-13(6-9)21(16,19)20)14(18)17-12-4-2-3-11(15)8-12/h2-8H,1H3,(H,17,18)(H2,16,19,20). The van der Waals surface area contributed by atoms with Crippen LogP contribution in [-0.4, -0.2) is 14.3 Å². The highest BCUT2D eigenvalue weighted by Crippen LogP contribution is 2.18. The van der Waals surface area contributed by atoms with Crippen molar-refractivity contribution in [1.82, 2.24) is 0 Å². The molecule has 0 saturated carbocycles. The van der Waals surface area contributed by atoms with Gasteiger partial charge in [0.05, 0.1) is 4.90 Å². The molecule has 1 amide bonds. The molecule has 110 valence electrons. The van der Waals surface area contributed by atoms with Crippen molar-refractivity contribution in [3.63, 3.8) is 0 Å². The Morgan fingerprint density at radius 2 is 1.90 bits per heavy atom. The Labute approximate surface area is 131 Å². The number of carbonyl (C=O) groups is 1. The zero-order valence-electron chi connectivity index (χ0n) is 11.1. The Kier molecular flexibility index (Phi) is 4.46. The molecule has 0 saturated heterocycles. The summed E-state index contributed by atoms with van der Waals surface area (Å²) in [5, 5.41) is 7.80. The van der Waals surface area contributed by atoms with Crippen molar-refractivity contribution < 1.29 is 13.2 Å². The predicted octanol–water partition coefficient (Wildman–Crippen LogP) is 2.66. The number of hydrogen-bond donors (Lipinski definition) is 2. The van der Waals surface area contributed by atoms with Crippen LogP contribution in [0.3, 0.4) is 0 Å². The fraction of sp³-hybridized carbons (Fsp3) is 0.0714. The van der Waals surface area contributed by atoms with Crippen molar-refractivity contribution in [3.05, 3.63) is 58.1 Å². The lowest BCUT2D eigenvalue weighted by atomic mass is 10.1. The second-order valence-electron chi connectivity index (χ2n) is 4.54. The van der Waals surface area contributed by atoms with Crippen molar-refractivity contribution in [3.8, 4) is 0 Å². The third-order valence-electron chi connectivity index (χ3n) is 2.72. The molecule has 0 aliphatic carbocycles. The topological polar surface area (TPSA) is 89.3 Å². The molecule has 0 spiro atoms. The smallest absolute Gasteiger partial charge is 0.255 e. The first-order chi connectivity index (χ1) is 9.75. The molecule has 2 aromatic rings. The predicted molar refractivity (Wildman–Crippen MR) is 84.6 cm³/mol. The van der Waals surface area contributed by atoms with Gasteiger partial charge in [0.15, 0.2) is 0 Å². The van der Waals surface area contributed by atoms with E-state index in [1.807, 2.05) is 6.07 Å². The van der Waals surface area contributed by atoms with Crippen molar-refractivity contribution in [1.29, 1.82) is 0 Å². The van der Waals surface area contributed by atoms with Crippen LogP contribution in [0.4, 0.5) is 5.69 Å². The molecule has 0 atom stereocenters. The van der Waals surface area contributed by atoms with Gasteiger partial charge in [-0.1, -0.05) is 22.0 Å². The van der Waals surface area contributed by atoms with E-state index in [2.05, 4.69) is 21.2 Å². The Bertz CT molecular complexity index is 804. The molecule has 0 aromatic heterocycles. The number of halogens is 1. The highest BCUT2D eigenvalue weighted by atomic mass is 79.9. The van der Waals surface area contributed by atoms with Gasteiger partial charge in [0.1, 0.15) is 0 Å². The molecule has 0 fully saturated rings. The van der Waals surface area contributed by atoms with E-state index in [0.717, 1.165) is 4.47 Å². The molecule has 0 radical (unpaired) electrons. The summed E-state index contributed by atoms with van der Waals surface area (Å²) in [5.41, 5.74) is 1.48. The van der Waals surface area contributed by atoms with Crippen LogP contribution in [0, 0.1) is 6.92 Å². The Morgan fingerprint density at radius 3 is 2.52 bits per heavy atom. The average molecular weight is 369 g/mol. The van der Waals surface area contributed by atoms with Gasteiger partial charge in [0, 0.05) is 15.7 Å². The summed E-state index contributed by atoms with van der Waals surface area (Å²) in [6, 6.07) is 11.4. The summed E-state index contributed by atoms with van der Waals surface area (Å²) in [6.45, 7) is 1.70. The van der Waals surface area contributed by atoms with Crippen LogP contribution in [0.15, 0.2) is 51.8 Å². The van der Waals surface area contributed by atoms with Crippen LogP contribution in [0.1, 0.15) is 15.9 Å². The molecule has 0 aliphatic rings. The maximum absolute atomic E-state index is 12.2. The van der Waals surface area contributed by atoms with E-state index in [9.17, 15) is 13.2 Å². The Morgan fingerprint density at radius 1 is 1.19 bits per heavy atom. The fourth-order valence-electron chi connectivity index (χ4n) is 1.81. The zero-order chi connectivity index (χ0) is 15.6. The number of sulfonamides is 1. The van der Waals surface area contributed by atoms with Gasteiger partial charge in [-0.2, -0.15) is 0 Å². The third-order valence-corrected chi connectivity index (χ3v) is 4.11. The van der Waals surface area contributed by atoms with Crippen molar-refractivity contribution in [2.45, 2.75) is 11.8 Å². The van der Waals surface area contributed by atoms with E-state index in [1.165, 1.54) is 12.1 Å². The minimum absolute atomic E-state index is 0.0816. The van der Waals surface area contributed by atoms with Gasteiger partial charge in [-0.3, -0.25) is 4.79 Å². The summed E-state index contributed by atoms with van der Waals surface area (Å²) in [5.74, 6) is -0.401. The van der Waals surface area contributed by atoms with E-state index >= 15 is 0 Å². The Hall–Kier alpha value is -1.70. The van der Waals surface area contributed by atoms with Crippen LogP contribution < -0.4 is 10.5 Å². The molecular formula is C14H13BrN2O3S. The zero-order valence-corrected chi connectivity index (χ0v) is 13.5. The SMILES string of the molecule is Cc1cc(C(=O)Nc2cccc(Br)c2)cc(S(N)(=O)=O)c1. The number of primary sulfonamides is 1. The summed E-state index contributed by atoms with van der Waals surface area (Å²) in [7, 11) is -3.85. The highest BCUT2D eigenvalue weighted by molar-refractivity contribution is 9.10. The second kappa shape index (κ2) is 5.97. The van der Waals surface area contributed by atoms with Crippen molar-refractivity contribution in [2.75, 3.05) is 5.32 Å². The molecule has 7 heteroatoms. The highest BCUT2D eigenvalue weighted by Gasteiger charge is 2.13. The first-order valence-electron chi connectivity index (χ1n) is 5.97. The van der Waals surface area contributed by atoms with Gasteiger partial charge in [0.2, 0.25) is 10.0 Å². The van der Waals surface area contributed by atoms with Crippen molar-refractivity contribution >= 4 is 37.5 Å². The first-order valence-corrected chi connectivity index (χ1v) is 8.31. The molecule has 3 N–H and O–H groups in total. The minimum Gasteiger partial charge on any atom is -0.322 e. The van der Waals surface area contributed by atoms with Crippen LogP contribution in [0.25, 0.3) is 0 Å². The normalized spacial score (nSPS) is 11.2. The van der Waals surface area contributed by atoms with E-state index < -0.39 is 15.9 Å². The number of aryl methyl sites for hydroxylation is 1. The van der Waals surface area contributed by atoms with Gasteiger partial charge in [-0.05, 0) is 48.9 Å². The van der Waals surface area contributed by atoms with Gasteiger partial charge >= 0.3 is 0 Å². The minimum atomic E-state index is -3.85. The van der Waals surface area contributed by atoms with Crippen LogP contribution >= 0.6 is 15.9 Å². The van der Waals surface area contributed by atoms with Gasteiger partial charge in [-0.25, -0.2) is 13.6 Å². The molecule has 2 rings (SSSR count). The maximum atomic E-state index is 12.2. The number of rotatable bonds is 3. The first kappa shape index (κ1) is 15.7. The maximum Gasteiger partial charge on any atom is 0.255 e. The molecular weight excluding hydrogens is 356 g/mol. The van der Waals surface area contributed by atoms with Crippen LogP contribution in [0.5, 0.6) is 0 Å². The molecule has 21 heavy (non-hydrogen) atoms. The summed E-state index contributed by atoms with van der Waals surface area (Å²) < 4.78 is 23.6. The lowest BCUT2D eigenvalue weighted by Gasteiger charge is -2.08. The fourth-order valence-corrected chi connectivity index (χ4v) is 2.85. The molecule has 5 nitrogen and oxygen atoms in total. The second-order valence-corrected chi connectivity index (χ2v) is 7.02. The number of hydrogen-bond acceptors (Lipinski definition) is 3. The average Bonchev–Trinajstić information content (AvgIpc) is 2.37. The summed E-state index contributed by atoms with van der Waals surface area (Å²) in [4.78, 5) is 12.1. The van der Waals surface area contributed by atoms with Gasteiger partial charge < -0.3 is 5.32 Å². The van der Waals surface area contributed by atoms with E-state index in [-0.39, 0.29) is 10.5 Å². The molecule has 0 unspecified atom stereocenters. The third kappa shape index (κ3) is 4.13. The number of anilines is 1. The molecule has 0 bridgehead atoms.